The minimum absolute atomic E-state index is 0.0868. The number of amides is 1. The summed E-state index contributed by atoms with van der Waals surface area (Å²) in [6.07, 6.45) is 0.820. The van der Waals surface area contributed by atoms with Gasteiger partial charge in [-0.05, 0) is 18.4 Å². The summed E-state index contributed by atoms with van der Waals surface area (Å²) in [6.45, 7) is 0. The van der Waals surface area contributed by atoms with Crippen molar-refractivity contribution in [2.45, 2.75) is 24.4 Å². The summed E-state index contributed by atoms with van der Waals surface area (Å²) in [5, 5.41) is 10.7. The lowest BCUT2D eigenvalue weighted by Gasteiger charge is -2.56. The first kappa shape index (κ1) is 13.9. The van der Waals surface area contributed by atoms with Crippen LogP contribution in [0.15, 0.2) is 30.3 Å². The quantitative estimate of drug-likeness (QED) is 0.817. The lowest BCUT2D eigenvalue weighted by atomic mass is 9.76. The first-order valence-corrected chi connectivity index (χ1v) is 8.05. The minimum atomic E-state index is -0.832. The molecule has 98 valence electrons. The third-order valence-electron chi connectivity index (χ3n) is 3.50. The van der Waals surface area contributed by atoms with E-state index < -0.39 is 6.09 Å². The molecule has 1 heterocycles. The Morgan fingerprint density at radius 2 is 2.06 bits per heavy atom. The van der Waals surface area contributed by atoms with Gasteiger partial charge in [-0.3, -0.25) is 4.90 Å². The molecule has 0 unspecified atom stereocenters. The molecule has 5 heteroatoms. The van der Waals surface area contributed by atoms with E-state index in [9.17, 15) is 9.90 Å². The lowest BCUT2D eigenvalue weighted by Crippen LogP contribution is -2.70. The summed E-state index contributed by atoms with van der Waals surface area (Å²) in [4.78, 5) is 13.0. The fourth-order valence-electron chi connectivity index (χ4n) is 2.69. The van der Waals surface area contributed by atoms with E-state index in [4.69, 9.17) is 0 Å². The molecule has 0 aliphatic carbocycles. The van der Waals surface area contributed by atoms with Gasteiger partial charge in [0.25, 0.3) is 0 Å². The lowest BCUT2D eigenvalue weighted by molar-refractivity contribution is -0.0256. The monoisotopic (exact) mass is 375 g/mol. The summed E-state index contributed by atoms with van der Waals surface area (Å²) >= 11 is 6.87. The van der Waals surface area contributed by atoms with Crippen molar-refractivity contribution in [2.24, 2.45) is 0 Å². The number of hydrogen-bond acceptors (Lipinski definition) is 1. The van der Waals surface area contributed by atoms with Gasteiger partial charge in [-0.2, -0.15) is 0 Å². The summed E-state index contributed by atoms with van der Waals surface area (Å²) in [5.74, 6) is 0. The largest absolute Gasteiger partial charge is 0.465 e. The van der Waals surface area contributed by atoms with Crippen molar-refractivity contribution >= 4 is 38.0 Å². The zero-order valence-electron chi connectivity index (χ0n) is 9.85. The van der Waals surface area contributed by atoms with Crippen molar-refractivity contribution in [3.05, 3.63) is 35.9 Å². The molecule has 1 aliphatic heterocycles. The van der Waals surface area contributed by atoms with Crippen LogP contribution in [0.3, 0.4) is 0 Å². The van der Waals surface area contributed by atoms with Crippen molar-refractivity contribution in [3.8, 4) is 0 Å². The van der Waals surface area contributed by atoms with Crippen LogP contribution in [0.4, 0.5) is 4.79 Å². The van der Waals surface area contributed by atoms with Crippen LogP contribution in [0.1, 0.15) is 12.0 Å². The molecule has 1 aromatic rings. The maximum absolute atomic E-state index is 11.4. The highest BCUT2D eigenvalue weighted by Gasteiger charge is 2.53. The predicted octanol–water partition coefficient (Wildman–Crippen LogP) is 3.51. The minimum Gasteiger partial charge on any atom is -0.465 e. The maximum atomic E-state index is 11.4. The van der Waals surface area contributed by atoms with Crippen molar-refractivity contribution in [3.63, 3.8) is 0 Å². The van der Waals surface area contributed by atoms with Gasteiger partial charge in [0.2, 0.25) is 0 Å². The van der Waals surface area contributed by atoms with Crippen molar-refractivity contribution in [1.82, 2.24) is 4.90 Å². The van der Waals surface area contributed by atoms with E-state index in [1.54, 1.807) is 4.90 Å². The standard InChI is InChI=1S/C13H15Br2NO2/c14-8-11-7-13(9-15,16(11)12(17)18)6-10-4-2-1-3-5-10/h1-5,11H,6-9H2,(H,17,18)/t11-,13+/m0/s1. The average Bonchev–Trinajstić information content (AvgIpc) is 2.34. The van der Waals surface area contributed by atoms with Crippen molar-refractivity contribution in [1.29, 1.82) is 0 Å². The molecular formula is C13H15Br2NO2. The number of hydrogen-bond donors (Lipinski definition) is 1. The van der Waals surface area contributed by atoms with Gasteiger partial charge in [-0.1, -0.05) is 62.2 Å². The van der Waals surface area contributed by atoms with Gasteiger partial charge in [-0.15, -0.1) is 0 Å². The molecule has 18 heavy (non-hydrogen) atoms. The van der Waals surface area contributed by atoms with E-state index in [0.29, 0.717) is 10.7 Å². The van der Waals surface area contributed by atoms with Crippen LogP contribution in [0.5, 0.6) is 0 Å². The molecule has 1 fully saturated rings. The van der Waals surface area contributed by atoms with Gasteiger partial charge < -0.3 is 5.11 Å². The molecule has 1 aromatic carbocycles. The number of alkyl halides is 2. The highest BCUT2D eigenvalue weighted by Crippen LogP contribution is 2.41. The van der Waals surface area contributed by atoms with Gasteiger partial charge in [0, 0.05) is 16.7 Å². The Morgan fingerprint density at radius 1 is 1.39 bits per heavy atom. The third kappa shape index (κ3) is 2.43. The Kier molecular flexibility index (Phi) is 4.33. The van der Waals surface area contributed by atoms with E-state index in [-0.39, 0.29) is 11.6 Å². The zero-order valence-corrected chi connectivity index (χ0v) is 13.0. The highest BCUT2D eigenvalue weighted by molar-refractivity contribution is 9.09. The molecule has 1 amide bonds. The summed E-state index contributed by atoms with van der Waals surface area (Å²) < 4.78 is 0. The van der Waals surface area contributed by atoms with Crippen LogP contribution in [0.25, 0.3) is 0 Å². The topological polar surface area (TPSA) is 40.5 Å². The molecule has 2 rings (SSSR count). The number of benzene rings is 1. The number of likely N-dealkylation sites (tertiary alicyclic amines) is 1. The van der Waals surface area contributed by atoms with E-state index >= 15 is 0 Å². The normalized spacial score (nSPS) is 26.8. The molecule has 0 saturated carbocycles. The van der Waals surface area contributed by atoms with Crippen LogP contribution in [-0.2, 0) is 6.42 Å². The van der Waals surface area contributed by atoms with Crippen LogP contribution >= 0.6 is 31.9 Å². The second-order valence-corrected chi connectivity index (χ2v) is 5.89. The second-order valence-electron chi connectivity index (χ2n) is 4.69. The van der Waals surface area contributed by atoms with Gasteiger partial charge in [0.05, 0.1) is 5.54 Å². The summed E-state index contributed by atoms with van der Waals surface area (Å²) in [5.41, 5.74) is 0.877. The first-order chi connectivity index (χ1) is 8.63. The third-order valence-corrected chi connectivity index (χ3v) is 5.29. The van der Waals surface area contributed by atoms with E-state index in [1.807, 2.05) is 30.3 Å². The molecule has 1 saturated heterocycles. The molecule has 0 bridgehead atoms. The van der Waals surface area contributed by atoms with E-state index in [0.717, 1.165) is 12.8 Å². The molecule has 3 nitrogen and oxygen atoms in total. The summed E-state index contributed by atoms with van der Waals surface area (Å²) in [6, 6.07) is 10.1. The Bertz CT molecular complexity index is 426. The molecule has 0 aromatic heterocycles. The van der Waals surface area contributed by atoms with Gasteiger partial charge in [0.1, 0.15) is 0 Å². The molecule has 1 aliphatic rings. The van der Waals surface area contributed by atoms with Crippen molar-refractivity contribution in [2.75, 3.05) is 10.7 Å². The number of halogens is 2. The van der Waals surface area contributed by atoms with E-state index in [1.165, 1.54) is 5.56 Å². The van der Waals surface area contributed by atoms with Crippen LogP contribution in [0, 0.1) is 0 Å². The van der Waals surface area contributed by atoms with Crippen LogP contribution in [0.2, 0.25) is 0 Å². The molecule has 0 spiro atoms. The molecular weight excluding hydrogens is 362 g/mol. The average molecular weight is 377 g/mol. The van der Waals surface area contributed by atoms with Gasteiger partial charge in [0.15, 0.2) is 0 Å². The smallest absolute Gasteiger partial charge is 0.408 e. The number of carbonyl (C=O) groups is 1. The Balaban J connectivity index is 2.19. The molecule has 1 N–H and O–H groups in total. The molecule has 0 radical (unpaired) electrons. The zero-order chi connectivity index (χ0) is 13.2. The Labute approximate surface area is 123 Å². The Hall–Kier alpha value is -0.550. The van der Waals surface area contributed by atoms with Crippen molar-refractivity contribution < 1.29 is 9.90 Å². The fraction of sp³-hybridized carbons (Fsp3) is 0.462. The number of carboxylic acid groups (broad SMARTS) is 1. The SMILES string of the molecule is O=C(O)N1[C@H](CBr)C[C@@]1(CBr)Cc1ccccc1. The number of rotatable bonds is 4. The van der Waals surface area contributed by atoms with Gasteiger partial charge >= 0.3 is 6.09 Å². The van der Waals surface area contributed by atoms with Crippen LogP contribution in [-0.4, -0.2) is 38.3 Å². The summed E-state index contributed by atoms with van der Waals surface area (Å²) in [7, 11) is 0. The Morgan fingerprint density at radius 3 is 2.56 bits per heavy atom. The van der Waals surface area contributed by atoms with Gasteiger partial charge in [-0.25, -0.2) is 4.79 Å². The van der Waals surface area contributed by atoms with E-state index in [2.05, 4.69) is 31.9 Å². The second kappa shape index (κ2) is 5.61. The maximum Gasteiger partial charge on any atom is 0.408 e. The highest BCUT2D eigenvalue weighted by atomic mass is 79.9. The van der Waals surface area contributed by atoms with Crippen LogP contribution < -0.4 is 0 Å². The first-order valence-electron chi connectivity index (χ1n) is 5.81. The molecule has 2 atom stereocenters. The number of nitrogens with zero attached hydrogens (tertiary/aromatic N) is 1. The fourth-order valence-corrected chi connectivity index (χ4v) is 3.90. The predicted molar refractivity (Wildman–Crippen MR) is 78.7 cm³/mol.